The number of hydrogen-bond acceptors (Lipinski definition) is 3. The number of esters is 1. The topological polar surface area (TPSA) is 50.1 Å². The molecule has 0 aliphatic heterocycles. The molecule has 106 valence electrons. The fraction of sp³-hybridized carbons (Fsp3) is 0.286. The summed E-state index contributed by atoms with van der Waals surface area (Å²) in [6.07, 6.45) is -2.17. The van der Waals surface area contributed by atoms with Crippen LogP contribution >= 0.6 is 0 Å². The molecule has 0 N–H and O–H groups in total. The average Bonchev–Trinajstić information content (AvgIpc) is 2.38. The van der Waals surface area contributed by atoms with Gasteiger partial charge >= 0.3 is 12.1 Å². The van der Waals surface area contributed by atoms with Gasteiger partial charge in [-0.05, 0) is 24.6 Å². The summed E-state index contributed by atoms with van der Waals surface area (Å²) in [7, 11) is 0. The minimum Gasteiger partial charge on any atom is -0.466 e. The summed E-state index contributed by atoms with van der Waals surface area (Å²) >= 11 is 0. The summed E-state index contributed by atoms with van der Waals surface area (Å²) in [5.74, 6) is -0.508. The third-order valence-corrected chi connectivity index (χ3v) is 2.38. The molecule has 0 heterocycles. The summed E-state index contributed by atoms with van der Waals surface area (Å²) in [5.41, 5.74) is -1.07. The van der Waals surface area contributed by atoms with Crippen LogP contribution < -0.4 is 0 Å². The Hall–Kier alpha value is -2.29. The highest BCUT2D eigenvalue weighted by Crippen LogP contribution is 2.33. The van der Waals surface area contributed by atoms with Gasteiger partial charge in [0.25, 0.3) is 0 Å². The molecule has 0 aliphatic rings. The van der Waals surface area contributed by atoms with Gasteiger partial charge in [-0.2, -0.15) is 18.4 Å². The maximum absolute atomic E-state index is 12.8. The van der Waals surface area contributed by atoms with E-state index in [1.54, 1.807) is 13.0 Å². The van der Waals surface area contributed by atoms with E-state index in [9.17, 15) is 18.0 Å². The summed E-state index contributed by atoms with van der Waals surface area (Å²) in [6.45, 7) is 1.86. The predicted molar refractivity (Wildman–Crippen MR) is 66.4 cm³/mol. The highest BCUT2D eigenvalue weighted by atomic mass is 19.4. The Morgan fingerprint density at radius 2 is 2.15 bits per heavy atom. The predicted octanol–water partition coefficient (Wildman–Crippen LogP) is 3.54. The molecule has 0 amide bonds. The molecule has 0 bridgehead atoms. The zero-order valence-electron chi connectivity index (χ0n) is 10.7. The van der Waals surface area contributed by atoms with Crippen molar-refractivity contribution in [2.24, 2.45) is 0 Å². The van der Waals surface area contributed by atoms with Crippen molar-refractivity contribution < 1.29 is 22.7 Å². The van der Waals surface area contributed by atoms with Crippen molar-refractivity contribution in [1.82, 2.24) is 0 Å². The second kappa shape index (κ2) is 6.75. The lowest BCUT2D eigenvalue weighted by Crippen LogP contribution is -2.08. The van der Waals surface area contributed by atoms with Crippen molar-refractivity contribution in [2.45, 2.75) is 19.5 Å². The molecule has 0 spiro atoms. The van der Waals surface area contributed by atoms with Gasteiger partial charge in [0.2, 0.25) is 0 Å². The van der Waals surface area contributed by atoms with Gasteiger partial charge in [-0.1, -0.05) is 18.2 Å². The lowest BCUT2D eigenvalue weighted by molar-refractivity contribution is -0.142. The van der Waals surface area contributed by atoms with Crippen LogP contribution in [-0.4, -0.2) is 12.6 Å². The molecular formula is C14H12F3NO2. The van der Waals surface area contributed by atoms with Crippen LogP contribution in [0.15, 0.2) is 24.3 Å². The largest absolute Gasteiger partial charge is 0.466 e. The van der Waals surface area contributed by atoms with E-state index >= 15 is 0 Å². The molecule has 0 saturated heterocycles. The van der Waals surface area contributed by atoms with Gasteiger partial charge in [-0.25, -0.2) is 0 Å². The smallest absolute Gasteiger partial charge is 0.417 e. The van der Waals surface area contributed by atoms with Crippen molar-refractivity contribution >= 4 is 12.0 Å². The second-order valence-electron chi connectivity index (χ2n) is 3.82. The summed E-state index contributed by atoms with van der Waals surface area (Å²) in [4.78, 5) is 11.1. The van der Waals surface area contributed by atoms with E-state index in [1.807, 2.05) is 0 Å². The Kier molecular flexibility index (Phi) is 5.32. The van der Waals surface area contributed by atoms with E-state index in [4.69, 9.17) is 5.26 Å². The lowest BCUT2D eigenvalue weighted by atomic mass is 10.0. The van der Waals surface area contributed by atoms with Crippen molar-refractivity contribution in [3.63, 3.8) is 0 Å². The lowest BCUT2D eigenvalue weighted by Gasteiger charge is -2.10. The maximum Gasteiger partial charge on any atom is 0.417 e. The number of hydrogen-bond donors (Lipinski definition) is 0. The first kappa shape index (κ1) is 15.8. The molecular weight excluding hydrogens is 271 g/mol. The molecule has 0 radical (unpaired) electrons. The molecule has 1 rings (SSSR count). The number of ether oxygens (including phenoxy) is 1. The van der Waals surface area contributed by atoms with Gasteiger partial charge in [-0.15, -0.1) is 0 Å². The third-order valence-electron chi connectivity index (χ3n) is 2.38. The maximum atomic E-state index is 12.8. The van der Waals surface area contributed by atoms with Crippen LogP contribution in [0.25, 0.3) is 6.08 Å². The number of rotatable bonds is 4. The van der Waals surface area contributed by atoms with Gasteiger partial charge in [0.15, 0.2) is 0 Å². The molecule has 1 aromatic rings. The Labute approximate surface area is 114 Å². The number of carbonyl (C=O) groups excluding carboxylic acids is 1. The average molecular weight is 283 g/mol. The Balaban J connectivity index is 2.98. The van der Waals surface area contributed by atoms with Crippen molar-refractivity contribution in [3.05, 3.63) is 41.0 Å². The van der Waals surface area contributed by atoms with Crippen LogP contribution in [0.3, 0.4) is 0 Å². The van der Waals surface area contributed by atoms with E-state index in [0.717, 1.165) is 6.07 Å². The van der Waals surface area contributed by atoms with E-state index in [-0.39, 0.29) is 24.2 Å². The minimum absolute atomic E-state index is 0.0696. The summed E-state index contributed by atoms with van der Waals surface area (Å²) in [6, 6.07) is 4.93. The summed E-state index contributed by atoms with van der Waals surface area (Å²) < 4.78 is 43.2. The number of alkyl halides is 3. The highest BCUT2D eigenvalue weighted by Gasteiger charge is 2.33. The monoisotopic (exact) mass is 283 g/mol. The number of benzene rings is 1. The standard InChI is InChI=1S/C14H12F3NO2/c1-2-20-13(19)5-3-4-11-7-6-10(9-18)8-12(11)14(15,16)17/h3-4,6-8H,2,5H2,1H3. The number of nitriles is 1. The number of carbonyl (C=O) groups is 1. The Bertz CT molecular complexity index is 557. The van der Waals surface area contributed by atoms with Crippen LogP contribution in [0.4, 0.5) is 13.2 Å². The molecule has 0 aromatic heterocycles. The van der Waals surface area contributed by atoms with E-state index in [0.29, 0.717) is 0 Å². The van der Waals surface area contributed by atoms with Crippen molar-refractivity contribution in [1.29, 1.82) is 5.26 Å². The van der Waals surface area contributed by atoms with Gasteiger partial charge in [-0.3, -0.25) is 4.79 Å². The Morgan fingerprint density at radius 1 is 1.45 bits per heavy atom. The van der Waals surface area contributed by atoms with Gasteiger partial charge in [0.05, 0.1) is 30.2 Å². The minimum atomic E-state index is -4.56. The first-order chi connectivity index (χ1) is 9.38. The van der Waals surface area contributed by atoms with Crippen molar-refractivity contribution in [3.8, 4) is 6.07 Å². The molecule has 0 saturated carbocycles. The molecule has 0 fully saturated rings. The van der Waals surface area contributed by atoms with Crippen LogP contribution in [0.2, 0.25) is 0 Å². The van der Waals surface area contributed by atoms with E-state index in [1.165, 1.54) is 24.3 Å². The molecule has 20 heavy (non-hydrogen) atoms. The first-order valence-corrected chi connectivity index (χ1v) is 5.82. The molecule has 1 aromatic carbocycles. The normalized spacial score (nSPS) is 11.3. The van der Waals surface area contributed by atoms with Gasteiger partial charge < -0.3 is 4.74 Å². The van der Waals surface area contributed by atoms with Crippen LogP contribution in [-0.2, 0) is 15.7 Å². The quantitative estimate of drug-likeness (QED) is 0.794. The highest BCUT2D eigenvalue weighted by molar-refractivity contribution is 5.73. The molecule has 6 heteroatoms. The fourth-order valence-electron chi connectivity index (χ4n) is 1.52. The zero-order chi connectivity index (χ0) is 15.2. The molecule has 0 aliphatic carbocycles. The second-order valence-corrected chi connectivity index (χ2v) is 3.82. The van der Waals surface area contributed by atoms with Gasteiger partial charge in [0, 0.05) is 0 Å². The van der Waals surface area contributed by atoms with Crippen LogP contribution in [0.5, 0.6) is 0 Å². The number of halogens is 3. The molecule has 0 atom stereocenters. The van der Waals surface area contributed by atoms with Crippen molar-refractivity contribution in [2.75, 3.05) is 6.61 Å². The fourth-order valence-corrected chi connectivity index (χ4v) is 1.52. The van der Waals surface area contributed by atoms with Gasteiger partial charge in [0.1, 0.15) is 0 Å². The molecule has 0 unspecified atom stereocenters. The zero-order valence-corrected chi connectivity index (χ0v) is 10.7. The van der Waals surface area contributed by atoms with E-state index in [2.05, 4.69) is 4.74 Å². The summed E-state index contributed by atoms with van der Waals surface area (Å²) in [5, 5.41) is 8.63. The Morgan fingerprint density at radius 3 is 2.70 bits per heavy atom. The van der Waals surface area contributed by atoms with Crippen LogP contribution in [0, 0.1) is 11.3 Å². The first-order valence-electron chi connectivity index (χ1n) is 5.82. The number of nitrogens with zero attached hydrogens (tertiary/aromatic N) is 1. The third kappa shape index (κ3) is 4.43. The SMILES string of the molecule is CCOC(=O)CC=Cc1ccc(C#N)cc1C(F)(F)F. The molecule has 3 nitrogen and oxygen atoms in total. The van der Waals surface area contributed by atoms with E-state index < -0.39 is 17.7 Å². The van der Waals surface area contributed by atoms with Crippen LogP contribution in [0.1, 0.15) is 30.0 Å².